The van der Waals surface area contributed by atoms with Crippen LogP contribution in [0, 0.1) is 0 Å². The molecular weight excluding hydrogens is 450 g/mol. The summed E-state index contributed by atoms with van der Waals surface area (Å²) in [6.07, 6.45) is 9.73. The summed E-state index contributed by atoms with van der Waals surface area (Å²) in [6.45, 7) is 1.00. The van der Waals surface area contributed by atoms with Crippen LogP contribution in [0.15, 0.2) is 46.5 Å². The quantitative estimate of drug-likeness (QED) is 0.445. The topological polar surface area (TPSA) is 98.7 Å². The number of hydrogen-bond donors (Lipinski definition) is 3. The van der Waals surface area contributed by atoms with E-state index in [9.17, 15) is 13.2 Å². The maximum absolute atomic E-state index is 13.3. The second-order valence-corrected chi connectivity index (χ2v) is 10.5. The van der Waals surface area contributed by atoms with Crippen molar-refractivity contribution in [3.63, 3.8) is 0 Å². The minimum Gasteiger partial charge on any atom is -0.395 e. The molecule has 0 saturated carbocycles. The molecule has 1 amide bonds. The van der Waals surface area contributed by atoms with E-state index in [1.165, 1.54) is 4.31 Å². The number of aliphatic hydroxyl groups excluding tert-OH is 1. The molecule has 3 rings (SSSR count). The fourth-order valence-electron chi connectivity index (χ4n) is 4.23. The molecule has 1 heterocycles. The normalized spacial score (nSPS) is 19.3. The van der Waals surface area contributed by atoms with Crippen molar-refractivity contribution < 1.29 is 18.3 Å². The van der Waals surface area contributed by atoms with E-state index in [0.717, 1.165) is 61.9 Å². The summed E-state index contributed by atoms with van der Waals surface area (Å²) in [5, 5.41) is 15.4. The molecule has 176 valence electrons. The Balaban J connectivity index is 1.66. The zero-order valence-electron chi connectivity index (χ0n) is 18.4. The number of unbranched alkanes of at least 4 members (excludes halogenated alkanes) is 3. The number of fused-ring (bicyclic) bond motifs is 1. The van der Waals surface area contributed by atoms with Gasteiger partial charge < -0.3 is 15.7 Å². The van der Waals surface area contributed by atoms with Crippen LogP contribution in [0.5, 0.6) is 0 Å². The number of likely N-dealkylation sites (N-methyl/N-ethyl adjacent to an activating group) is 1. The summed E-state index contributed by atoms with van der Waals surface area (Å²) >= 11 is 6.16. The van der Waals surface area contributed by atoms with Crippen LogP contribution in [0.2, 0.25) is 5.02 Å². The first-order valence-corrected chi connectivity index (χ1v) is 13.0. The first-order valence-electron chi connectivity index (χ1n) is 11.1. The van der Waals surface area contributed by atoms with E-state index in [1.54, 1.807) is 19.2 Å². The number of carbonyl (C=O) groups is 1. The second kappa shape index (κ2) is 11.3. The zero-order chi connectivity index (χ0) is 23.1. The summed E-state index contributed by atoms with van der Waals surface area (Å²) in [4.78, 5) is 11.8. The number of amides is 1. The number of halogens is 1. The van der Waals surface area contributed by atoms with E-state index < -0.39 is 10.0 Å². The van der Waals surface area contributed by atoms with Gasteiger partial charge in [0.15, 0.2) is 0 Å². The molecule has 1 aromatic carbocycles. The van der Waals surface area contributed by atoms with Crippen LogP contribution in [0.4, 0.5) is 0 Å². The van der Waals surface area contributed by atoms with E-state index in [-0.39, 0.29) is 23.5 Å². The fraction of sp³-hybridized carbons (Fsp3) is 0.522. The molecule has 9 heteroatoms. The van der Waals surface area contributed by atoms with E-state index in [4.69, 9.17) is 16.7 Å². The average molecular weight is 482 g/mol. The Morgan fingerprint density at radius 2 is 2.00 bits per heavy atom. The van der Waals surface area contributed by atoms with E-state index in [0.29, 0.717) is 18.0 Å². The Morgan fingerprint density at radius 1 is 1.22 bits per heavy atom. The van der Waals surface area contributed by atoms with Crippen LogP contribution < -0.4 is 10.6 Å². The smallest absolute Gasteiger partial charge is 0.264 e. The molecule has 0 fully saturated rings. The number of allylic oxidation sites excluding steroid dienone is 2. The lowest BCUT2D eigenvalue weighted by atomic mass is 9.90. The van der Waals surface area contributed by atoms with Gasteiger partial charge in [0, 0.05) is 25.0 Å². The minimum atomic E-state index is -3.69. The molecule has 0 saturated heterocycles. The van der Waals surface area contributed by atoms with Gasteiger partial charge >= 0.3 is 0 Å². The second-order valence-electron chi connectivity index (χ2n) is 8.13. The van der Waals surface area contributed by atoms with Crippen molar-refractivity contribution in [1.29, 1.82) is 0 Å². The maximum atomic E-state index is 13.3. The average Bonchev–Trinajstić information content (AvgIpc) is 2.85. The van der Waals surface area contributed by atoms with Crippen LogP contribution in [0.25, 0.3) is 0 Å². The summed E-state index contributed by atoms with van der Waals surface area (Å²) in [5.74, 6) is -0.0268. The van der Waals surface area contributed by atoms with Gasteiger partial charge in [0.2, 0.25) is 5.91 Å². The molecule has 1 aromatic rings. The Bertz CT molecular complexity index is 991. The number of sulfonamides is 1. The SMILES string of the molecule is CN1C2=C(CCC=C2)C(NCCCCCCC(=O)NCCO)c2ccc(Cl)cc2S1(=O)=O. The molecule has 3 N–H and O–H groups in total. The number of carbonyl (C=O) groups excluding carboxylic acids is 1. The number of aliphatic hydroxyl groups is 1. The highest BCUT2D eigenvalue weighted by Gasteiger charge is 2.36. The monoisotopic (exact) mass is 481 g/mol. The minimum absolute atomic E-state index is 0.0268. The highest BCUT2D eigenvalue weighted by molar-refractivity contribution is 7.89. The summed E-state index contributed by atoms with van der Waals surface area (Å²) < 4.78 is 27.9. The van der Waals surface area contributed by atoms with E-state index in [2.05, 4.69) is 10.6 Å². The largest absolute Gasteiger partial charge is 0.395 e. The molecule has 1 aliphatic heterocycles. The molecule has 2 aliphatic rings. The Morgan fingerprint density at radius 3 is 2.78 bits per heavy atom. The van der Waals surface area contributed by atoms with Gasteiger partial charge in [-0.15, -0.1) is 0 Å². The van der Waals surface area contributed by atoms with Gasteiger partial charge in [-0.05, 0) is 61.6 Å². The molecule has 7 nitrogen and oxygen atoms in total. The molecule has 0 spiro atoms. The van der Waals surface area contributed by atoms with E-state index in [1.807, 2.05) is 18.2 Å². The van der Waals surface area contributed by atoms with Gasteiger partial charge in [0.05, 0.1) is 23.2 Å². The molecular formula is C23H32ClN3O4S. The molecule has 32 heavy (non-hydrogen) atoms. The van der Waals surface area contributed by atoms with Crippen molar-refractivity contribution >= 4 is 27.5 Å². The van der Waals surface area contributed by atoms with Crippen LogP contribution in [-0.2, 0) is 14.8 Å². The standard InChI is InChI=1S/C23H32ClN3O4S/c1-27-20-9-6-5-8-18(20)23(19-12-11-17(24)16-21(19)32(27,30)31)26-13-7-3-2-4-10-22(29)25-14-15-28/h6,9,11-12,16,23,26,28H,2-5,7-8,10,13-15H2,1H3,(H,25,29). The number of nitrogens with zero attached hydrogens (tertiary/aromatic N) is 1. The van der Waals surface area contributed by atoms with Crippen LogP contribution in [0.1, 0.15) is 56.6 Å². The van der Waals surface area contributed by atoms with Gasteiger partial charge in [-0.1, -0.05) is 36.6 Å². The van der Waals surface area contributed by atoms with Crippen molar-refractivity contribution in [2.24, 2.45) is 0 Å². The Hall–Kier alpha value is -1.87. The van der Waals surface area contributed by atoms with Crippen LogP contribution in [-0.4, -0.2) is 50.5 Å². The van der Waals surface area contributed by atoms with Gasteiger partial charge in [-0.25, -0.2) is 8.42 Å². The van der Waals surface area contributed by atoms with Gasteiger partial charge in [0.1, 0.15) is 0 Å². The summed E-state index contributed by atoms with van der Waals surface area (Å²) in [5.41, 5.74) is 2.55. The highest BCUT2D eigenvalue weighted by Crippen LogP contribution is 2.41. The highest BCUT2D eigenvalue weighted by atomic mass is 35.5. The zero-order valence-corrected chi connectivity index (χ0v) is 20.0. The van der Waals surface area contributed by atoms with Crippen molar-refractivity contribution in [3.8, 4) is 0 Å². The first kappa shape index (κ1) is 24.8. The van der Waals surface area contributed by atoms with Crippen molar-refractivity contribution in [2.75, 3.05) is 26.7 Å². The third-order valence-electron chi connectivity index (χ3n) is 5.91. The maximum Gasteiger partial charge on any atom is 0.264 e. The molecule has 1 atom stereocenters. The van der Waals surface area contributed by atoms with Gasteiger partial charge in [-0.3, -0.25) is 9.10 Å². The third kappa shape index (κ3) is 5.73. The molecule has 1 aliphatic carbocycles. The lowest BCUT2D eigenvalue weighted by Crippen LogP contribution is -2.27. The Kier molecular flexibility index (Phi) is 8.76. The predicted octanol–water partition coefficient (Wildman–Crippen LogP) is 3.27. The molecule has 0 radical (unpaired) electrons. The number of hydrogen-bond acceptors (Lipinski definition) is 5. The van der Waals surface area contributed by atoms with Crippen LogP contribution in [0.3, 0.4) is 0 Å². The molecule has 0 aromatic heterocycles. The summed E-state index contributed by atoms with van der Waals surface area (Å²) in [6, 6.07) is 4.92. The molecule has 0 bridgehead atoms. The van der Waals surface area contributed by atoms with Gasteiger partial charge in [-0.2, -0.15) is 0 Å². The van der Waals surface area contributed by atoms with Crippen LogP contribution >= 0.6 is 11.6 Å². The predicted molar refractivity (Wildman–Crippen MR) is 126 cm³/mol. The molecule has 1 unspecified atom stereocenters. The summed E-state index contributed by atoms with van der Waals surface area (Å²) in [7, 11) is -2.09. The van der Waals surface area contributed by atoms with E-state index >= 15 is 0 Å². The lowest BCUT2D eigenvalue weighted by molar-refractivity contribution is -0.121. The number of nitrogens with one attached hydrogen (secondary N) is 2. The van der Waals surface area contributed by atoms with Crippen molar-refractivity contribution in [3.05, 3.63) is 52.2 Å². The Labute approximate surface area is 195 Å². The number of rotatable bonds is 10. The first-order chi connectivity index (χ1) is 15.4. The third-order valence-corrected chi connectivity index (χ3v) is 7.97. The van der Waals surface area contributed by atoms with Gasteiger partial charge in [0.25, 0.3) is 10.0 Å². The van der Waals surface area contributed by atoms with Crippen molar-refractivity contribution in [2.45, 2.75) is 55.9 Å². The van der Waals surface area contributed by atoms with Crippen molar-refractivity contribution in [1.82, 2.24) is 14.9 Å². The number of benzene rings is 1. The fourth-order valence-corrected chi connectivity index (χ4v) is 5.96. The lowest BCUT2D eigenvalue weighted by Gasteiger charge is -2.26.